The van der Waals surface area contributed by atoms with Crippen LogP contribution in [0.3, 0.4) is 0 Å². The summed E-state index contributed by atoms with van der Waals surface area (Å²) in [7, 11) is 0. The van der Waals surface area contributed by atoms with Crippen molar-refractivity contribution in [2.75, 3.05) is 5.32 Å². The van der Waals surface area contributed by atoms with Crippen molar-refractivity contribution in [1.82, 2.24) is 14.5 Å². The summed E-state index contributed by atoms with van der Waals surface area (Å²) in [6.07, 6.45) is 1.68. The van der Waals surface area contributed by atoms with Crippen molar-refractivity contribution in [2.24, 2.45) is 0 Å². The third-order valence-corrected chi connectivity index (χ3v) is 3.16. The highest BCUT2D eigenvalue weighted by Gasteiger charge is 2.06. The highest BCUT2D eigenvalue weighted by atomic mass is 16.3. The quantitative estimate of drug-likeness (QED) is 0.720. The molecule has 0 atom stereocenters. The van der Waals surface area contributed by atoms with Gasteiger partial charge in [0, 0.05) is 29.9 Å². The zero-order chi connectivity index (χ0) is 14.8. The maximum atomic E-state index is 11.8. The van der Waals surface area contributed by atoms with E-state index in [1.807, 2.05) is 6.92 Å². The molecule has 0 saturated heterocycles. The van der Waals surface area contributed by atoms with Gasteiger partial charge in [-0.2, -0.15) is 4.98 Å². The molecule has 21 heavy (non-hydrogen) atoms. The lowest BCUT2D eigenvalue weighted by atomic mass is 10.3. The van der Waals surface area contributed by atoms with Crippen LogP contribution in [0.2, 0.25) is 0 Å². The summed E-state index contributed by atoms with van der Waals surface area (Å²) in [6.45, 7) is 2.45. The van der Waals surface area contributed by atoms with Gasteiger partial charge < -0.3 is 10.4 Å². The number of nitrogens with one attached hydrogen (secondary N) is 1. The molecule has 0 aliphatic heterocycles. The van der Waals surface area contributed by atoms with Crippen molar-refractivity contribution in [1.29, 1.82) is 0 Å². The molecule has 1 aromatic carbocycles. The summed E-state index contributed by atoms with van der Waals surface area (Å²) < 4.78 is 1.60. The van der Waals surface area contributed by atoms with Crippen molar-refractivity contribution in [3.8, 4) is 5.75 Å². The fraction of sp³-hybridized carbons (Fsp3) is 0.133. The van der Waals surface area contributed by atoms with Crippen LogP contribution in [0.15, 0.2) is 47.4 Å². The number of hydrogen-bond acceptors (Lipinski definition) is 5. The molecule has 6 heteroatoms. The van der Waals surface area contributed by atoms with Crippen LogP contribution in [0.25, 0.3) is 11.0 Å². The van der Waals surface area contributed by atoms with E-state index in [9.17, 15) is 9.90 Å². The van der Waals surface area contributed by atoms with E-state index >= 15 is 0 Å². The second-order valence-corrected chi connectivity index (χ2v) is 4.56. The average molecular weight is 282 g/mol. The summed E-state index contributed by atoms with van der Waals surface area (Å²) in [5, 5.41) is 13.1. The first-order valence-electron chi connectivity index (χ1n) is 6.60. The minimum absolute atomic E-state index is 0.0840. The lowest BCUT2D eigenvalue weighted by molar-refractivity contribution is 0.475. The topological polar surface area (TPSA) is 80.0 Å². The molecule has 2 N–H and O–H groups in total. The van der Waals surface area contributed by atoms with E-state index < -0.39 is 0 Å². The Kier molecular flexibility index (Phi) is 3.27. The molecule has 0 radical (unpaired) electrons. The number of aromatic nitrogens is 3. The minimum Gasteiger partial charge on any atom is -0.508 e. The molecule has 3 aromatic rings. The summed E-state index contributed by atoms with van der Waals surface area (Å²) in [5.41, 5.74) is 1.27. The lowest BCUT2D eigenvalue weighted by Gasteiger charge is -2.09. The molecule has 2 heterocycles. The van der Waals surface area contributed by atoms with Crippen LogP contribution in [0.4, 0.5) is 11.6 Å². The van der Waals surface area contributed by atoms with E-state index in [0.29, 0.717) is 18.1 Å². The third kappa shape index (κ3) is 2.55. The van der Waals surface area contributed by atoms with Gasteiger partial charge in [-0.3, -0.25) is 9.36 Å². The Morgan fingerprint density at radius 2 is 1.95 bits per heavy atom. The van der Waals surface area contributed by atoms with Gasteiger partial charge in [0.25, 0.3) is 5.56 Å². The summed E-state index contributed by atoms with van der Waals surface area (Å²) in [5.74, 6) is 0.598. The number of aryl methyl sites for hydroxylation is 1. The predicted molar refractivity (Wildman–Crippen MR) is 80.9 cm³/mol. The molecule has 6 nitrogen and oxygen atoms in total. The largest absolute Gasteiger partial charge is 0.508 e. The van der Waals surface area contributed by atoms with Gasteiger partial charge in [-0.25, -0.2) is 4.98 Å². The number of fused-ring (bicyclic) bond motifs is 1. The van der Waals surface area contributed by atoms with E-state index in [-0.39, 0.29) is 11.3 Å². The zero-order valence-electron chi connectivity index (χ0n) is 11.4. The molecule has 0 spiro atoms. The molecule has 0 aliphatic rings. The highest BCUT2D eigenvalue weighted by Crippen LogP contribution is 2.18. The van der Waals surface area contributed by atoms with Crippen LogP contribution in [0, 0.1) is 0 Å². The molecule has 0 aliphatic carbocycles. The Hall–Kier alpha value is -2.89. The zero-order valence-corrected chi connectivity index (χ0v) is 11.4. The van der Waals surface area contributed by atoms with Crippen molar-refractivity contribution < 1.29 is 5.11 Å². The van der Waals surface area contributed by atoms with E-state index in [1.165, 1.54) is 6.07 Å². The second kappa shape index (κ2) is 5.24. The molecule has 0 bridgehead atoms. The van der Waals surface area contributed by atoms with Crippen LogP contribution >= 0.6 is 0 Å². The maximum Gasteiger partial charge on any atom is 0.252 e. The molecular weight excluding hydrogens is 268 g/mol. The van der Waals surface area contributed by atoms with Crippen LogP contribution in [-0.2, 0) is 6.54 Å². The van der Waals surface area contributed by atoms with Gasteiger partial charge in [0.05, 0.1) is 0 Å². The lowest BCUT2D eigenvalue weighted by Crippen LogP contribution is -2.19. The summed E-state index contributed by atoms with van der Waals surface area (Å²) in [4.78, 5) is 20.5. The van der Waals surface area contributed by atoms with Crippen LogP contribution in [0.1, 0.15) is 6.92 Å². The number of hydrogen-bond donors (Lipinski definition) is 2. The minimum atomic E-state index is -0.0840. The van der Waals surface area contributed by atoms with Gasteiger partial charge >= 0.3 is 0 Å². The molecule has 106 valence electrons. The maximum absolute atomic E-state index is 11.8. The van der Waals surface area contributed by atoms with Gasteiger partial charge in [-0.15, -0.1) is 0 Å². The van der Waals surface area contributed by atoms with Gasteiger partial charge in [0.1, 0.15) is 11.4 Å². The van der Waals surface area contributed by atoms with E-state index in [1.54, 1.807) is 41.1 Å². The Morgan fingerprint density at radius 3 is 2.67 bits per heavy atom. The molecule has 0 fully saturated rings. The number of phenolic OH excluding ortho intramolecular Hbond substituents is 1. The van der Waals surface area contributed by atoms with Crippen molar-refractivity contribution in [3.05, 3.63) is 52.9 Å². The fourth-order valence-electron chi connectivity index (χ4n) is 2.11. The van der Waals surface area contributed by atoms with Crippen LogP contribution in [0.5, 0.6) is 5.75 Å². The standard InChI is InChI=1S/C15H14N4O2/c1-2-19-13(21)8-3-10-9-16-15(18-14(10)19)17-11-4-6-12(20)7-5-11/h3-9,20H,2H2,1H3,(H,16,17,18). The Morgan fingerprint density at radius 1 is 1.19 bits per heavy atom. The van der Waals surface area contributed by atoms with Crippen LogP contribution < -0.4 is 10.9 Å². The predicted octanol–water partition coefficient (Wildman–Crippen LogP) is 2.26. The first-order chi connectivity index (χ1) is 10.2. The Bertz CT molecular complexity index is 840. The normalized spacial score (nSPS) is 10.7. The number of anilines is 2. The number of aromatic hydroxyl groups is 1. The molecule has 2 aromatic heterocycles. The first-order valence-corrected chi connectivity index (χ1v) is 6.60. The van der Waals surface area contributed by atoms with Crippen molar-refractivity contribution in [3.63, 3.8) is 0 Å². The van der Waals surface area contributed by atoms with Gasteiger partial charge in [0.15, 0.2) is 0 Å². The molecule has 0 amide bonds. The molecule has 0 saturated carbocycles. The van der Waals surface area contributed by atoms with E-state index in [4.69, 9.17) is 0 Å². The number of phenols is 1. The van der Waals surface area contributed by atoms with Gasteiger partial charge in [-0.1, -0.05) is 0 Å². The average Bonchev–Trinajstić information content (AvgIpc) is 2.49. The summed E-state index contributed by atoms with van der Waals surface area (Å²) >= 11 is 0. The highest BCUT2D eigenvalue weighted by molar-refractivity contribution is 5.75. The molecule has 0 unspecified atom stereocenters. The first kappa shape index (κ1) is 13.1. The Labute approximate surface area is 120 Å². The monoisotopic (exact) mass is 282 g/mol. The van der Waals surface area contributed by atoms with Crippen molar-refractivity contribution >= 4 is 22.7 Å². The smallest absolute Gasteiger partial charge is 0.252 e. The van der Waals surface area contributed by atoms with Crippen molar-refractivity contribution in [2.45, 2.75) is 13.5 Å². The third-order valence-electron chi connectivity index (χ3n) is 3.16. The van der Waals surface area contributed by atoms with Gasteiger partial charge in [-0.05, 0) is 37.3 Å². The second-order valence-electron chi connectivity index (χ2n) is 4.56. The number of benzene rings is 1. The Balaban J connectivity index is 2.04. The van der Waals surface area contributed by atoms with E-state index in [2.05, 4.69) is 15.3 Å². The summed E-state index contributed by atoms with van der Waals surface area (Å²) in [6, 6.07) is 9.83. The molecular formula is C15H14N4O2. The number of rotatable bonds is 3. The SMILES string of the molecule is CCn1c(=O)ccc2cnc(Nc3ccc(O)cc3)nc21. The number of nitrogens with zero attached hydrogens (tertiary/aromatic N) is 3. The fourth-order valence-corrected chi connectivity index (χ4v) is 2.11. The number of pyridine rings is 1. The van der Waals surface area contributed by atoms with Gasteiger partial charge in [0.2, 0.25) is 5.95 Å². The van der Waals surface area contributed by atoms with E-state index in [0.717, 1.165) is 11.1 Å². The molecule has 3 rings (SSSR count). The van der Waals surface area contributed by atoms with Crippen LogP contribution in [-0.4, -0.2) is 19.6 Å².